The van der Waals surface area contributed by atoms with Crippen LogP contribution >= 0.6 is 39.0 Å². The number of amides is 2. The van der Waals surface area contributed by atoms with E-state index in [2.05, 4.69) is 31.4 Å². The van der Waals surface area contributed by atoms with Gasteiger partial charge in [0, 0.05) is 6.54 Å². The van der Waals surface area contributed by atoms with Crippen molar-refractivity contribution in [1.82, 2.24) is 14.8 Å². The van der Waals surface area contributed by atoms with Crippen molar-refractivity contribution in [2.24, 2.45) is 5.73 Å². The number of ether oxygens (including phenoxy) is 1. The maximum Gasteiger partial charge on any atom is 0.341 e. The molecule has 0 spiro atoms. The Hall–Kier alpha value is -2.64. The van der Waals surface area contributed by atoms with Gasteiger partial charge in [-0.1, -0.05) is 18.7 Å². The molecule has 0 unspecified atom stereocenters. The third-order valence-corrected chi connectivity index (χ3v) is 7.01. The van der Waals surface area contributed by atoms with Gasteiger partial charge in [-0.05, 0) is 53.9 Å². The first kappa shape index (κ1) is 25.0. The highest BCUT2D eigenvalue weighted by molar-refractivity contribution is 9.10. The highest BCUT2D eigenvalue weighted by Crippen LogP contribution is 2.34. The molecule has 3 aromatic rings. The Kier molecular flexibility index (Phi) is 8.32. The molecule has 0 fully saturated rings. The number of hydrogen-bond acceptors (Lipinski definition) is 9. The summed E-state index contributed by atoms with van der Waals surface area (Å²) in [7, 11) is 0. The second-order valence-corrected chi connectivity index (χ2v) is 9.49. The van der Waals surface area contributed by atoms with E-state index >= 15 is 0 Å². The lowest BCUT2D eigenvalue weighted by atomic mass is 10.1. The molecule has 0 bridgehead atoms. The Morgan fingerprint density at radius 1 is 1.30 bits per heavy atom. The number of furan rings is 1. The van der Waals surface area contributed by atoms with E-state index in [1.165, 1.54) is 11.8 Å². The Labute approximate surface area is 206 Å². The Balaban J connectivity index is 1.77. The Morgan fingerprint density at radius 2 is 2.06 bits per heavy atom. The van der Waals surface area contributed by atoms with E-state index in [9.17, 15) is 14.4 Å². The smallest absolute Gasteiger partial charge is 0.341 e. The third-order valence-electron chi connectivity index (χ3n) is 4.39. The van der Waals surface area contributed by atoms with Crippen LogP contribution in [-0.4, -0.2) is 44.9 Å². The number of anilines is 1. The summed E-state index contributed by atoms with van der Waals surface area (Å²) in [4.78, 5) is 37.0. The quantitative estimate of drug-likeness (QED) is 0.281. The molecule has 0 aliphatic heterocycles. The van der Waals surface area contributed by atoms with Crippen molar-refractivity contribution in [3.8, 4) is 11.6 Å². The molecule has 3 rings (SSSR count). The number of nitrogens with two attached hydrogens (primary N) is 1. The number of nitrogens with one attached hydrogen (secondary N) is 1. The van der Waals surface area contributed by atoms with E-state index in [4.69, 9.17) is 14.9 Å². The molecule has 3 heterocycles. The van der Waals surface area contributed by atoms with E-state index in [-0.39, 0.29) is 33.7 Å². The average Bonchev–Trinajstić information content (AvgIpc) is 3.44. The van der Waals surface area contributed by atoms with Gasteiger partial charge in [-0.2, -0.15) is 0 Å². The number of aromatic nitrogens is 3. The second-order valence-electron chi connectivity index (χ2n) is 6.74. The predicted octanol–water partition coefficient (Wildman–Crippen LogP) is 4.09. The molecular weight excluding hydrogens is 534 g/mol. The lowest BCUT2D eigenvalue weighted by Gasteiger charge is -2.08. The summed E-state index contributed by atoms with van der Waals surface area (Å²) in [5.74, 6) is -0.548. The number of halogens is 1. The molecular formula is C20H22BrN5O5S2. The summed E-state index contributed by atoms with van der Waals surface area (Å²) in [5.41, 5.74) is 5.92. The molecule has 0 aromatic carbocycles. The van der Waals surface area contributed by atoms with Crippen molar-refractivity contribution >= 4 is 61.8 Å². The van der Waals surface area contributed by atoms with Crippen molar-refractivity contribution in [2.45, 2.75) is 38.9 Å². The van der Waals surface area contributed by atoms with Crippen LogP contribution < -0.4 is 11.1 Å². The first-order valence-corrected chi connectivity index (χ1v) is 12.6. The first-order chi connectivity index (χ1) is 15.8. The molecule has 0 saturated carbocycles. The maximum atomic E-state index is 12.7. The van der Waals surface area contributed by atoms with Crippen molar-refractivity contribution in [3.63, 3.8) is 0 Å². The molecule has 0 aliphatic rings. The summed E-state index contributed by atoms with van der Waals surface area (Å²) < 4.78 is 13.1. The van der Waals surface area contributed by atoms with Crippen LogP contribution in [0.25, 0.3) is 11.6 Å². The molecule has 3 aromatic heterocycles. The van der Waals surface area contributed by atoms with Gasteiger partial charge in [0.15, 0.2) is 15.6 Å². The van der Waals surface area contributed by atoms with Crippen molar-refractivity contribution < 1.29 is 23.5 Å². The molecule has 0 radical (unpaired) electrons. The first-order valence-electron chi connectivity index (χ1n) is 9.98. The fourth-order valence-electron chi connectivity index (χ4n) is 3.02. The van der Waals surface area contributed by atoms with Crippen LogP contribution in [0, 0.1) is 6.92 Å². The average molecular weight is 556 g/mol. The largest absolute Gasteiger partial charge is 0.462 e. The highest BCUT2D eigenvalue weighted by Gasteiger charge is 2.26. The molecule has 3 N–H and O–H groups in total. The summed E-state index contributed by atoms with van der Waals surface area (Å²) in [5, 5.41) is 11.9. The molecule has 2 amide bonds. The standard InChI is InChI=1S/C20H22BrN5O5S2/c1-4-8-26-17(11-6-7-12(21)31-11)24-25-20(26)32-9-13(27)23-18-14(19(29)30-5-2)10(3)15(33-18)16(22)28/h6-7H,4-5,8-9H2,1-3H3,(H2,22,28)(H,23,27). The highest BCUT2D eigenvalue weighted by atomic mass is 79.9. The second kappa shape index (κ2) is 11.0. The Bertz CT molecular complexity index is 1190. The van der Waals surface area contributed by atoms with Gasteiger partial charge in [-0.25, -0.2) is 4.79 Å². The fraction of sp³-hybridized carbons (Fsp3) is 0.350. The lowest BCUT2D eigenvalue weighted by molar-refractivity contribution is -0.113. The van der Waals surface area contributed by atoms with Gasteiger partial charge in [0.2, 0.25) is 11.7 Å². The number of nitrogens with zero attached hydrogens (tertiary/aromatic N) is 3. The van der Waals surface area contributed by atoms with Crippen LogP contribution in [-0.2, 0) is 16.1 Å². The van der Waals surface area contributed by atoms with Gasteiger partial charge in [0.25, 0.3) is 5.91 Å². The number of rotatable bonds is 10. The number of carbonyl (C=O) groups excluding carboxylic acids is 3. The van der Waals surface area contributed by atoms with Gasteiger partial charge in [0.05, 0.1) is 22.8 Å². The van der Waals surface area contributed by atoms with Gasteiger partial charge in [-0.3, -0.25) is 14.2 Å². The minimum absolute atomic E-state index is 0.00874. The Morgan fingerprint density at radius 3 is 2.67 bits per heavy atom. The fourth-order valence-corrected chi connectivity index (χ4v) is 5.15. The minimum atomic E-state index is -0.678. The van der Waals surface area contributed by atoms with Gasteiger partial charge >= 0.3 is 5.97 Å². The van der Waals surface area contributed by atoms with E-state index in [1.54, 1.807) is 26.0 Å². The molecule has 0 atom stereocenters. The van der Waals surface area contributed by atoms with E-state index in [0.29, 0.717) is 33.5 Å². The van der Waals surface area contributed by atoms with E-state index in [1.807, 2.05) is 11.5 Å². The minimum Gasteiger partial charge on any atom is -0.462 e. The van der Waals surface area contributed by atoms with E-state index in [0.717, 1.165) is 17.8 Å². The zero-order valence-electron chi connectivity index (χ0n) is 18.1. The number of thiophene rings is 1. The van der Waals surface area contributed by atoms with Crippen LogP contribution in [0.1, 0.15) is 45.9 Å². The van der Waals surface area contributed by atoms with Gasteiger partial charge in [-0.15, -0.1) is 21.5 Å². The van der Waals surface area contributed by atoms with Crippen LogP contribution in [0.15, 0.2) is 26.4 Å². The zero-order chi connectivity index (χ0) is 24.1. The number of carbonyl (C=O) groups is 3. The molecule has 0 aliphatic carbocycles. The van der Waals surface area contributed by atoms with Crippen molar-refractivity contribution in [1.29, 1.82) is 0 Å². The molecule has 0 saturated heterocycles. The number of hydrogen-bond donors (Lipinski definition) is 2. The van der Waals surface area contributed by atoms with Crippen LogP contribution in [0.2, 0.25) is 0 Å². The summed E-state index contributed by atoms with van der Waals surface area (Å²) in [6, 6.07) is 3.55. The van der Waals surface area contributed by atoms with Crippen LogP contribution in [0.5, 0.6) is 0 Å². The topological polar surface area (TPSA) is 142 Å². The molecule has 10 nitrogen and oxygen atoms in total. The SMILES string of the molecule is CCCn1c(SCC(=O)Nc2sc(C(N)=O)c(C)c2C(=O)OCC)nnc1-c1ccc(Br)o1. The molecule has 33 heavy (non-hydrogen) atoms. The third kappa shape index (κ3) is 5.65. The summed E-state index contributed by atoms with van der Waals surface area (Å²) in [6.45, 7) is 6.09. The number of thioether (sulfide) groups is 1. The van der Waals surface area contributed by atoms with Crippen LogP contribution in [0.3, 0.4) is 0 Å². The van der Waals surface area contributed by atoms with Gasteiger partial charge in [0.1, 0.15) is 5.00 Å². The van der Waals surface area contributed by atoms with Crippen LogP contribution in [0.4, 0.5) is 5.00 Å². The van der Waals surface area contributed by atoms with Crippen molar-refractivity contribution in [2.75, 3.05) is 17.7 Å². The van der Waals surface area contributed by atoms with E-state index < -0.39 is 11.9 Å². The summed E-state index contributed by atoms with van der Waals surface area (Å²) >= 11 is 5.43. The lowest BCUT2D eigenvalue weighted by Crippen LogP contribution is -2.17. The monoisotopic (exact) mass is 555 g/mol. The summed E-state index contributed by atoms with van der Waals surface area (Å²) in [6.07, 6.45) is 0.833. The van der Waals surface area contributed by atoms with Crippen molar-refractivity contribution in [3.05, 3.63) is 32.8 Å². The normalized spacial score (nSPS) is 10.9. The molecule has 176 valence electrons. The maximum absolute atomic E-state index is 12.7. The predicted molar refractivity (Wildman–Crippen MR) is 129 cm³/mol. The number of esters is 1. The number of primary amides is 1. The molecule has 13 heteroatoms. The zero-order valence-corrected chi connectivity index (χ0v) is 21.4. The van der Waals surface area contributed by atoms with Gasteiger partial charge < -0.3 is 20.2 Å².